The number of alkyl halides is 1. The van der Waals surface area contributed by atoms with Crippen LogP contribution in [-0.4, -0.2) is 40.6 Å². The molecule has 0 spiro atoms. The molecule has 0 radical (unpaired) electrons. The minimum Gasteiger partial charge on any atom is -0.346 e. The molecule has 3 heterocycles. The van der Waals surface area contributed by atoms with Gasteiger partial charge < -0.3 is 4.74 Å². The molecule has 23 heavy (non-hydrogen) atoms. The first kappa shape index (κ1) is 16.5. The highest BCUT2D eigenvalue weighted by atomic mass is 31.2. The van der Waals surface area contributed by atoms with Crippen molar-refractivity contribution in [3.05, 3.63) is 33.1 Å². The second-order valence-corrected chi connectivity index (χ2v) is 7.07. The minimum atomic E-state index is -3.88. The third-order valence-corrected chi connectivity index (χ3v) is 5.03. The number of rotatable bonds is 3. The Morgan fingerprint density at radius 1 is 1.48 bits per heavy atom. The van der Waals surface area contributed by atoms with E-state index in [1.807, 2.05) is 4.98 Å². The summed E-state index contributed by atoms with van der Waals surface area (Å²) >= 11 is 0. The molecule has 2 aliphatic rings. The summed E-state index contributed by atoms with van der Waals surface area (Å²) in [5.74, 6) is 0. The van der Waals surface area contributed by atoms with Crippen LogP contribution in [-0.2, 0) is 22.9 Å². The van der Waals surface area contributed by atoms with Gasteiger partial charge in [-0.1, -0.05) is 0 Å². The van der Waals surface area contributed by atoms with Crippen molar-refractivity contribution in [3.8, 4) is 0 Å². The van der Waals surface area contributed by atoms with E-state index >= 15 is 0 Å². The minimum absolute atomic E-state index is 0.191. The molecule has 0 amide bonds. The third kappa shape index (κ3) is 3.17. The van der Waals surface area contributed by atoms with Gasteiger partial charge in [-0.3, -0.25) is 27.9 Å². The molecular formula is C12H16FN2O7P. The van der Waals surface area contributed by atoms with Crippen molar-refractivity contribution in [1.29, 1.82) is 0 Å². The van der Waals surface area contributed by atoms with Crippen LogP contribution in [0.4, 0.5) is 4.39 Å². The first-order chi connectivity index (χ1) is 10.8. The van der Waals surface area contributed by atoms with E-state index in [2.05, 4.69) is 0 Å². The number of aromatic amines is 1. The maximum atomic E-state index is 14.6. The summed E-state index contributed by atoms with van der Waals surface area (Å²) < 4.78 is 48.5. The first-order valence-corrected chi connectivity index (χ1v) is 8.47. The number of phosphoric ester groups is 1. The Morgan fingerprint density at radius 2 is 2.22 bits per heavy atom. The van der Waals surface area contributed by atoms with Crippen molar-refractivity contribution in [2.45, 2.75) is 44.6 Å². The summed E-state index contributed by atoms with van der Waals surface area (Å²) in [7, 11) is -3.88. The van der Waals surface area contributed by atoms with E-state index in [0.29, 0.717) is 0 Å². The number of hydrogen-bond donors (Lipinski definition) is 1. The highest BCUT2D eigenvalue weighted by molar-refractivity contribution is 7.48. The van der Waals surface area contributed by atoms with Crippen LogP contribution in [0.5, 0.6) is 0 Å². The van der Waals surface area contributed by atoms with Crippen molar-refractivity contribution in [3.63, 3.8) is 0 Å². The topological polar surface area (TPSA) is 109 Å². The largest absolute Gasteiger partial charge is 0.475 e. The maximum absolute atomic E-state index is 14.6. The smallest absolute Gasteiger partial charge is 0.346 e. The predicted octanol–water partition coefficient (Wildman–Crippen LogP) is 0.721. The fraction of sp³-hybridized carbons (Fsp3) is 0.667. The van der Waals surface area contributed by atoms with E-state index in [9.17, 15) is 18.5 Å². The lowest BCUT2D eigenvalue weighted by Crippen LogP contribution is -2.39. The van der Waals surface area contributed by atoms with Crippen molar-refractivity contribution >= 4 is 7.82 Å². The highest BCUT2D eigenvalue weighted by Crippen LogP contribution is 2.57. The molecule has 1 aromatic heterocycles. The lowest BCUT2D eigenvalue weighted by atomic mass is 10.1. The van der Waals surface area contributed by atoms with Gasteiger partial charge in [-0.2, -0.15) is 0 Å². The second kappa shape index (κ2) is 5.95. The number of halogens is 1. The summed E-state index contributed by atoms with van der Waals surface area (Å²) in [6.07, 6.45) is -4.44. The Labute approximate surface area is 129 Å². The van der Waals surface area contributed by atoms with Gasteiger partial charge in [-0.05, 0) is 13.8 Å². The summed E-state index contributed by atoms with van der Waals surface area (Å²) in [5.41, 5.74) is -1.42. The fourth-order valence-electron chi connectivity index (χ4n) is 2.46. The summed E-state index contributed by atoms with van der Waals surface area (Å²) in [6, 6.07) is 1.07. The first-order valence-electron chi connectivity index (χ1n) is 7.01. The second-order valence-electron chi connectivity index (χ2n) is 5.49. The van der Waals surface area contributed by atoms with Crippen LogP contribution < -0.4 is 11.2 Å². The predicted molar refractivity (Wildman–Crippen MR) is 74.8 cm³/mol. The molecule has 3 rings (SSSR count). The van der Waals surface area contributed by atoms with Crippen LogP contribution in [0.1, 0.15) is 20.1 Å². The number of nitrogens with zero attached hydrogens (tertiary/aromatic N) is 1. The molecule has 2 saturated heterocycles. The standard InChI is InChI=1S/C12H16FN2O7P/c1-6(2)21-23(18)19-5-7-10(22-23)9(13)11(20-7)15-4-3-8(16)14-12(15)17/h3-4,6-7,9-11H,5H2,1-2H3,(H,14,16,17)/t7-,9-,10-,11-,23?/m1/s1. The van der Waals surface area contributed by atoms with Crippen molar-refractivity contribution < 1.29 is 27.3 Å². The zero-order valence-electron chi connectivity index (χ0n) is 12.4. The average molecular weight is 350 g/mol. The maximum Gasteiger partial charge on any atom is 0.475 e. The van der Waals surface area contributed by atoms with Crippen LogP contribution in [0.3, 0.4) is 0 Å². The van der Waals surface area contributed by atoms with Gasteiger partial charge in [0.1, 0.15) is 12.2 Å². The van der Waals surface area contributed by atoms with Crippen molar-refractivity contribution in [2.75, 3.05) is 6.61 Å². The van der Waals surface area contributed by atoms with E-state index in [-0.39, 0.29) is 6.61 Å². The zero-order valence-corrected chi connectivity index (χ0v) is 13.3. The number of hydrogen-bond acceptors (Lipinski definition) is 7. The Kier molecular flexibility index (Phi) is 4.28. The SMILES string of the molecule is CC(C)OP1(=O)OC[C@H]2O[C@@H](n3ccc(=O)[nH]c3=O)[C@H](F)[C@@H]2O1. The molecule has 2 fully saturated rings. The van der Waals surface area contributed by atoms with Gasteiger partial charge >= 0.3 is 13.5 Å². The van der Waals surface area contributed by atoms with Crippen LogP contribution in [0.2, 0.25) is 0 Å². The van der Waals surface area contributed by atoms with E-state index in [1.54, 1.807) is 13.8 Å². The molecule has 1 unspecified atom stereocenters. The van der Waals surface area contributed by atoms with Gasteiger partial charge in [0.25, 0.3) is 5.56 Å². The number of fused-ring (bicyclic) bond motifs is 1. The summed E-state index contributed by atoms with van der Waals surface area (Å²) in [4.78, 5) is 24.8. The monoisotopic (exact) mass is 350 g/mol. The van der Waals surface area contributed by atoms with Crippen LogP contribution in [0.15, 0.2) is 21.9 Å². The molecule has 1 aromatic rings. The zero-order chi connectivity index (χ0) is 16.8. The van der Waals surface area contributed by atoms with Crippen LogP contribution in [0, 0.1) is 0 Å². The molecule has 2 aliphatic heterocycles. The van der Waals surface area contributed by atoms with Gasteiger partial charge in [-0.25, -0.2) is 13.8 Å². The third-order valence-electron chi connectivity index (χ3n) is 3.38. The molecule has 0 saturated carbocycles. The molecule has 128 valence electrons. The molecule has 9 nitrogen and oxygen atoms in total. The van der Waals surface area contributed by atoms with Gasteiger partial charge in [0.05, 0.1) is 12.7 Å². The number of ether oxygens (including phenoxy) is 1. The van der Waals surface area contributed by atoms with E-state index < -0.39 is 49.8 Å². The quantitative estimate of drug-likeness (QED) is 0.800. The average Bonchev–Trinajstić information content (AvgIpc) is 2.75. The Bertz CT molecular complexity index is 747. The number of aromatic nitrogens is 2. The molecule has 1 N–H and O–H groups in total. The van der Waals surface area contributed by atoms with E-state index in [4.69, 9.17) is 18.3 Å². The van der Waals surface area contributed by atoms with Crippen molar-refractivity contribution in [1.82, 2.24) is 9.55 Å². The summed E-state index contributed by atoms with van der Waals surface area (Å²) in [5, 5.41) is 0. The molecule has 0 aromatic carbocycles. The lowest BCUT2D eigenvalue weighted by molar-refractivity contribution is -0.0749. The number of H-pyrrole nitrogens is 1. The lowest BCUT2D eigenvalue weighted by Gasteiger charge is -2.31. The molecule has 0 aliphatic carbocycles. The van der Waals surface area contributed by atoms with Gasteiger partial charge in [-0.15, -0.1) is 0 Å². The molecule has 5 atom stereocenters. The van der Waals surface area contributed by atoms with Gasteiger partial charge in [0, 0.05) is 12.3 Å². The normalized spacial score (nSPS) is 37.0. The Balaban J connectivity index is 1.83. The number of phosphoric acid groups is 1. The molecule has 11 heteroatoms. The Hall–Kier alpha value is -1.32. The van der Waals surface area contributed by atoms with Gasteiger partial charge in [0.15, 0.2) is 12.4 Å². The number of nitrogens with one attached hydrogen (secondary N) is 1. The Morgan fingerprint density at radius 3 is 2.87 bits per heavy atom. The summed E-state index contributed by atoms with van der Waals surface area (Å²) in [6.45, 7) is 3.09. The van der Waals surface area contributed by atoms with Gasteiger partial charge in [0.2, 0.25) is 0 Å². The van der Waals surface area contributed by atoms with Crippen LogP contribution >= 0.6 is 7.82 Å². The van der Waals surface area contributed by atoms with Crippen molar-refractivity contribution in [2.24, 2.45) is 0 Å². The van der Waals surface area contributed by atoms with Crippen LogP contribution in [0.25, 0.3) is 0 Å². The highest BCUT2D eigenvalue weighted by Gasteiger charge is 2.54. The molecular weight excluding hydrogens is 334 g/mol. The fourth-order valence-corrected chi connectivity index (χ4v) is 4.03. The van der Waals surface area contributed by atoms with E-state index in [1.165, 1.54) is 0 Å². The molecule has 0 bridgehead atoms. The van der Waals surface area contributed by atoms with E-state index in [0.717, 1.165) is 16.8 Å².